The molecule has 0 spiro atoms. The van der Waals surface area contributed by atoms with Crippen LogP contribution in [-0.2, 0) is 0 Å². The fourth-order valence-electron chi connectivity index (χ4n) is 1.78. The van der Waals surface area contributed by atoms with Gasteiger partial charge < -0.3 is 0 Å². The van der Waals surface area contributed by atoms with Crippen LogP contribution in [0.1, 0.15) is 29.2 Å². The van der Waals surface area contributed by atoms with Crippen LogP contribution in [0.25, 0.3) is 11.6 Å². The first-order valence-corrected chi connectivity index (χ1v) is 6.45. The van der Waals surface area contributed by atoms with E-state index in [0.717, 1.165) is 5.57 Å². The van der Waals surface area contributed by atoms with Crippen LogP contribution in [0.4, 0.5) is 0 Å². The molecule has 0 fully saturated rings. The largest absolute Gasteiger partial charge is 0.0985 e. The topological polar surface area (TPSA) is 0 Å². The Balaban J connectivity index is 0.000000191. The van der Waals surface area contributed by atoms with Gasteiger partial charge in [0, 0.05) is 0 Å². The molecule has 0 unspecified atom stereocenters. The van der Waals surface area contributed by atoms with Crippen LogP contribution >= 0.6 is 0 Å². The Morgan fingerprint density at radius 1 is 1.00 bits per heavy atom. The van der Waals surface area contributed by atoms with E-state index in [0.29, 0.717) is 0 Å². The molecule has 0 bridgehead atoms. The van der Waals surface area contributed by atoms with Crippen LogP contribution in [0.2, 0.25) is 0 Å². The molecule has 0 heterocycles. The summed E-state index contributed by atoms with van der Waals surface area (Å²) in [6, 6.07) is 16.5. The summed E-state index contributed by atoms with van der Waals surface area (Å²) in [6.45, 7) is 13.8. The molecule has 0 aliphatic heterocycles. The van der Waals surface area contributed by atoms with Crippen molar-refractivity contribution in [2.24, 2.45) is 0 Å². The zero-order valence-corrected chi connectivity index (χ0v) is 12.1. The lowest BCUT2D eigenvalue weighted by Crippen LogP contribution is -1.80. The minimum absolute atomic E-state index is 1.12. The van der Waals surface area contributed by atoms with Crippen LogP contribution in [0, 0.1) is 13.8 Å². The average Bonchev–Trinajstić information content (AvgIpc) is 2.40. The minimum Gasteiger partial charge on any atom is -0.0985 e. The quantitative estimate of drug-likeness (QED) is 0.644. The highest BCUT2D eigenvalue weighted by Gasteiger charge is 1.91. The van der Waals surface area contributed by atoms with E-state index < -0.39 is 0 Å². The predicted molar refractivity (Wildman–Crippen MR) is 87.2 cm³/mol. The molecular formula is C19H22. The lowest BCUT2D eigenvalue weighted by molar-refractivity contribution is 1.37. The van der Waals surface area contributed by atoms with Gasteiger partial charge in [0.2, 0.25) is 0 Å². The second-order valence-corrected chi connectivity index (χ2v) is 4.71. The third kappa shape index (κ3) is 4.97. The van der Waals surface area contributed by atoms with Gasteiger partial charge in [-0.3, -0.25) is 0 Å². The van der Waals surface area contributed by atoms with E-state index in [1.165, 1.54) is 22.3 Å². The summed E-state index contributed by atoms with van der Waals surface area (Å²) in [6.07, 6.45) is 1.88. The number of aryl methyl sites for hydroxylation is 2. The third-order valence-electron chi connectivity index (χ3n) is 2.91. The van der Waals surface area contributed by atoms with Gasteiger partial charge in [-0.2, -0.15) is 0 Å². The van der Waals surface area contributed by atoms with Gasteiger partial charge in [-0.25, -0.2) is 0 Å². The van der Waals surface area contributed by atoms with Crippen molar-refractivity contribution in [1.82, 2.24) is 0 Å². The second kappa shape index (κ2) is 7.38. The van der Waals surface area contributed by atoms with E-state index in [1.807, 2.05) is 31.2 Å². The van der Waals surface area contributed by atoms with Gasteiger partial charge in [-0.1, -0.05) is 78.9 Å². The number of hydrogen-bond donors (Lipinski definition) is 0. The monoisotopic (exact) mass is 250 g/mol. The lowest BCUT2D eigenvalue weighted by Gasteiger charge is -1.99. The Morgan fingerprint density at radius 2 is 1.63 bits per heavy atom. The summed E-state index contributed by atoms with van der Waals surface area (Å²) in [4.78, 5) is 0. The number of rotatable bonds is 2. The summed E-state index contributed by atoms with van der Waals surface area (Å²) < 4.78 is 0. The van der Waals surface area contributed by atoms with Crippen molar-refractivity contribution in [2.75, 3.05) is 0 Å². The fraction of sp³-hybridized carbons (Fsp3) is 0.158. The van der Waals surface area contributed by atoms with E-state index in [9.17, 15) is 0 Å². The molecule has 0 N–H and O–H groups in total. The Morgan fingerprint density at radius 3 is 2.05 bits per heavy atom. The first-order valence-electron chi connectivity index (χ1n) is 6.45. The maximum Gasteiger partial charge on any atom is -0.0233 e. The van der Waals surface area contributed by atoms with Gasteiger partial charge in [0.05, 0.1) is 0 Å². The smallest absolute Gasteiger partial charge is 0.0233 e. The average molecular weight is 250 g/mol. The molecule has 0 radical (unpaired) electrons. The highest BCUT2D eigenvalue weighted by Crippen LogP contribution is 2.10. The van der Waals surface area contributed by atoms with Crippen molar-refractivity contribution >= 4 is 11.6 Å². The Hall–Kier alpha value is -2.08. The van der Waals surface area contributed by atoms with E-state index in [2.05, 4.69) is 57.3 Å². The van der Waals surface area contributed by atoms with E-state index in [4.69, 9.17) is 0 Å². The van der Waals surface area contributed by atoms with Crippen LogP contribution in [-0.4, -0.2) is 0 Å². The summed E-state index contributed by atoms with van der Waals surface area (Å²) in [5, 5.41) is 0. The molecule has 0 nitrogen and oxygen atoms in total. The molecule has 0 aliphatic carbocycles. The third-order valence-corrected chi connectivity index (χ3v) is 2.91. The van der Waals surface area contributed by atoms with Crippen LogP contribution in [0.15, 0.2) is 61.7 Å². The fourth-order valence-corrected chi connectivity index (χ4v) is 1.78. The SMILES string of the molecule is C=C(C)c1ccccc1.C=Cc1ccc(C)cc1C. The second-order valence-electron chi connectivity index (χ2n) is 4.71. The normalized spacial score (nSPS) is 9.21. The number of allylic oxidation sites excluding steroid dienone is 1. The van der Waals surface area contributed by atoms with E-state index >= 15 is 0 Å². The first-order chi connectivity index (χ1) is 9.04. The summed E-state index contributed by atoms with van der Waals surface area (Å²) >= 11 is 0. The van der Waals surface area contributed by atoms with Crippen LogP contribution in [0.3, 0.4) is 0 Å². The highest BCUT2D eigenvalue weighted by molar-refractivity contribution is 5.60. The van der Waals surface area contributed by atoms with Crippen LogP contribution in [0.5, 0.6) is 0 Å². The molecule has 2 aromatic rings. The molecule has 0 aromatic heterocycles. The molecule has 0 amide bonds. The van der Waals surface area contributed by atoms with Gasteiger partial charge in [0.1, 0.15) is 0 Å². The summed E-state index contributed by atoms with van der Waals surface area (Å²) in [7, 11) is 0. The Labute approximate surface area is 117 Å². The standard InChI is InChI=1S/C10H12.C9H10/c1-4-10-6-5-8(2)7-9(10)3;1-8(2)9-6-4-3-5-7-9/h4-7H,1H2,2-3H3;3-7H,1H2,2H3. The Kier molecular flexibility index (Phi) is 5.81. The highest BCUT2D eigenvalue weighted by atomic mass is 14.0. The minimum atomic E-state index is 1.12. The number of hydrogen-bond acceptors (Lipinski definition) is 0. The molecule has 19 heavy (non-hydrogen) atoms. The predicted octanol–water partition coefficient (Wildman–Crippen LogP) is 5.67. The molecule has 98 valence electrons. The number of benzene rings is 2. The molecular weight excluding hydrogens is 228 g/mol. The van der Waals surface area contributed by atoms with E-state index in [-0.39, 0.29) is 0 Å². The van der Waals surface area contributed by atoms with Crippen molar-refractivity contribution in [1.29, 1.82) is 0 Å². The first kappa shape index (κ1) is 15.0. The van der Waals surface area contributed by atoms with Crippen molar-refractivity contribution < 1.29 is 0 Å². The zero-order chi connectivity index (χ0) is 14.3. The van der Waals surface area contributed by atoms with Gasteiger partial charge in [0.25, 0.3) is 0 Å². The van der Waals surface area contributed by atoms with E-state index in [1.54, 1.807) is 0 Å². The molecule has 0 heteroatoms. The van der Waals surface area contributed by atoms with Gasteiger partial charge >= 0.3 is 0 Å². The summed E-state index contributed by atoms with van der Waals surface area (Å²) in [5.41, 5.74) is 6.18. The molecule has 0 saturated heterocycles. The van der Waals surface area contributed by atoms with Crippen molar-refractivity contribution in [3.05, 3.63) is 83.9 Å². The molecule has 0 aliphatic rings. The van der Waals surface area contributed by atoms with Crippen molar-refractivity contribution in [2.45, 2.75) is 20.8 Å². The maximum absolute atomic E-state index is 3.83. The van der Waals surface area contributed by atoms with Crippen molar-refractivity contribution in [3.8, 4) is 0 Å². The van der Waals surface area contributed by atoms with Gasteiger partial charge in [-0.05, 0) is 37.5 Å². The maximum atomic E-state index is 3.83. The lowest BCUT2D eigenvalue weighted by atomic mass is 10.1. The summed E-state index contributed by atoms with van der Waals surface area (Å²) in [5.74, 6) is 0. The molecule has 0 atom stereocenters. The van der Waals surface area contributed by atoms with Gasteiger partial charge in [-0.15, -0.1) is 0 Å². The van der Waals surface area contributed by atoms with Crippen LogP contribution < -0.4 is 0 Å². The zero-order valence-electron chi connectivity index (χ0n) is 12.1. The molecule has 2 rings (SSSR count). The Bertz CT molecular complexity index is 548. The van der Waals surface area contributed by atoms with Gasteiger partial charge in [0.15, 0.2) is 0 Å². The molecule has 0 saturated carbocycles. The molecule has 2 aromatic carbocycles. The van der Waals surface area contributed by atoms with Crippen molar-refractivity contribution in [3.63, 3.8) is 0 Å².